The standard InChI is InChI=1S/C18H22N2O3/c1-3-23-18(21)20-16-9-7-15(8-10-16)19-12-11-14-5-4-6-17(13-14)22-2/h4-10,13,19H,3,11-12H2,1-2H3,(H,20,21). The van der Waals surface area contributed by atoms with Crippen molar-refractivity contribution >= 4 is 17.5 Å². The summed E-state index contributed by atoms with van der Waals surface area (Å²) in [6.07, 6.45) is 0.464. The van der Waals surface area contributed by atoms with Gasteiger partial charge in [-0.1, -0.05) is 12.1 Å². The van der Waals surface area contributed by atoms with Crippen molar-refractivity contribution in [2.45, 2.75) is 13.3 Å². The minimum absolute atomic E-state index is 0.357. The van der Waals surface area contributed by atoms with Crippen LogP contribution in [0.5, 0.6) is 5.75 Å². The van der Waals surface area contributed by atoms with E-state index in [0.717, 1.165) is 24.4 Å². The van der Waals surface area contributed by atoms with Gasteiger partial charge in [0.2, 0.25) is 0 Å². The van der Waals surface area contributed by atoms with Crippen LogP contribution in [-0.4, -0.2) is 26.4 Å². The molecule has 1 amide bonds. The second-order valence-corrected chi connectivity index (χ2v) is 4.95. The molecule has 0 radical (unpaired) electrons. The van der Waals surface area contributed by atoms with Gasteiger partial charge in [-0.25, -0.2) is 4.79 Å². The minimum Gasteiger partial charge on any atom is -0.497 e. The number of rotatable bonds is 7. The molecule has 0 heterocycles. The van der Waals surface area contributed by atoms with Crippen molar-refractivity contribution in [2.75, 3.05) is 30.9 Å². The van der Waals surface area contributed by atoms with Crippen LogP contribution in [-0.2, 0) is 11.2 Å². The van der Waals surface area contributed by atoms with Crippen LogP contribution < -0.4 is 15.4 Å². The molecule has 122 valence electrons. The largest absolute Gasteiger partial charge is 0.497 e. The molecule has 2 aromatic carbocycles. The first-order valence-electron chi connectivity index (χ1n) is 7.62. The molecule has 0 saturated heterocycles. The summed E-state index contributed by atoms with van der Waals surface area (Å²) < 4.78 is 10.0. The molecule has 0 saturated carbocycles. The number of benzene rings is 2. The fourth-order valence-corrected chi connectivity index (χ4v) is 2.14. The van der Waals surface area contributed by atoms with E-state index in [-0.39, 0.29) is 0 Å². The van der Waals surface area contributed by atoms with Crippen LogP contribution in [0.1, 0.15) is 12.5 Å². The highest BCUT2D eigenvalue weighted by Crippen LogP contribution is 2.15. The van der Waals surface area contributed by atoms with Crippen molar-refractivity contribution in [1.29, 1.82) is 0 Å². The fraction of sp³-hybridized carbons (Fsp3) is 0.278. The van der Waals surface area contributed by atoms with Crippen LogP contribution >= 0.6 is 0 Å². The first-order valence-corrected chi connectivity index (χ1v) is 7.62. The SMILES string of the molecule is CCOC(=O)Nc1ccc(NCCc2cccc(OC)c2)cc1. The Labute approximate surface area is 136 Å². The van der Waals surface area contributed by atoms with Gasteiger partial charge >= 0.3 is 6.09 Å². The third-order valence-corrected chi connectivity index (χ3v) is 3.28. The molecule has 2 N–H and O–H groups in total. The predicted molar refractivity (Wildman–Crippen MR) is 92.3 cm³/mol. The molecule has 0 aromatic heterocycles. The quantitative estimate of drug-likeness (QED) is 0.813. The second-order valence-electron chi connectivity index (χ2n) is 4.95. The molecular formula is C18H22N2O3. The van der Waals surface area contributed by atoms with Gasteiger partial charge < -0.3 is 14.8 Å². The summed E-state index contributed by atoms with van der Waals surface area (Å²) in [5.41, 5.74) is 2.93. The number of hydrogen-bond donors (Lipinski definition) is 2. The summed E-state index contributed by atoms with van der Waals surface area (Å²) in [4.78, 5) is 11.3. The Morgan fingerprint density at radius 1 is 1.09 bits per heavy atom. The van der Waals surface area contributed by atoms with Crippen LogP contribution in [0.3, 0.4) is 0 Å². The highest BCUT2D eigenvalue weighted by molar-refractivity contribution is 5.84. The summed E-state index contributed by atoms with van der Waals surface area (Å²) in [5.74, 6) is 0.872. The Bertz CT molecular complexity index is 626. The third kappa shape index (κ3) is 5.54. The van der Waals surface area contributed by atoms with E-state index in [4.69, 9.17) is 9.47 Å². The zero-order valence-corrected chi connectivity index (χ0v) is 13.5. The molecule has 0 unspecified atom stereocenters. The Morgan fingerprint density at radius 2 is 1.83 bits per heavy atom. The highest BCUT2D eigenvalue weighted by atomic mass is 16.5. The van der Waals surface area contributed by atoms with E-state index < -0.39 is 6.09 Å². The van der Waals surface area contributed by atoms with Gasteiger partial charge in [0, 0.05) is 17.9 Å². The van der Waals surface area contributed by atoms with Crippen molar-refractivity contribution in [3.8, 4) is 5.75 Å². The normalized spacial score (nSPS) is 10.0. The Balaban J connectivity index is 1.80. The molecular weight excluding hydrogens is 292 g/mol. The summed E-state index contributed by atoms with van der Waals surface area (Å²) in [5, 5.41) is 6.01. The average Bonchev–Trinajstić information content (AvgIpc) is 2.57. The minimum atomic E-state index is -0.439. The average molecular weight is 314 g/mol. The molecule has 5 heteroatoms. The van der Waals surface area contributed by atoms with Gasteiger partial charge in [-0.2, -0.15) is 0 Å². The van der Waals surface area contributed by atoms with Crippen molar-refractivity contribution in [3.63, 3.8) is 0 Å². The van der Waals surface area contributed by atoms with E-state index >= 15 is 0 Å². The second kappa shape index (κ2) is 8.68. The molecule has 0 bridgehead atoms. The molecule has 0 aliphatic rings. The summed E-state index contributed by atoms with van der Waals surface area (Å²) in [7, 11) is 1.67. The highest BCUT2D eigenvalue weighted by Gasteiger charge is 2.01. The molecule has 2 aromatic rings. The van der Waals surface area contributed by atoms with Crippen LogP contribution in [0.25, 0.3) is 0 Å². The first-order chi connectivity index (χ1) is 11.2. The van der Waals surface area contributed by atoms with Crippen molar-refractivity contribution in [1.82, 2.24) is 0 Å². The number of nitrogens with one attached hydrogen (secondary N) is 2. The summed E-state index contributed by atoms with van der Waals surface area (Å²) in [6.45, 7) is 2.95. The number of carbonyl (C=O) groups is 1. The maximum absolute atomic E-state index is 11.3. The topological polar surface area (TPSA) is 59.6 Å². The smallest absolute Gasteiger partial charge is 0.411 e. The van der Waals surface area contributed by atoms with Gasteiger partial charge in [-0.3, -0.25) is 5.32 Å². The van der Waals surface area contributed by atoms with Gasteiger partial charge in [0.1, 0.15) is 5.75 Å². The van der Waals surface area contributed by atoms with Gasteiger partial charge in [-0.15, -0.1) is 0 Å². The zero-order chi connectivity index (χ0) is 16.5. The molecule has 0 aliphatic heterocycles. The maximum atomic E-state index is 11.3. The number of anilines is 2. The number of hydrogen-bond acceptors (Lipinski definition) is 4. The van der Waals surface area contributed by atoms with Crippen LogP contribution in [0.4, 0.5) is 16.2 Å². The Kier molecular flexibility index (Phi) is 6.29. The van der Waals surface area contributed by atoms with E-state index in [9.17, 15) is 4.79 Å². The van der Waals surface area contributed by atoms with Gasteiger partial charge in [0.25, 0.3) is 0 Å². The molecule has 0 fully saturated rings. The van der Waals surface area contributed by atoms with Crippen molar-refractivity contribution < 1.29 is 14.3 Å². The monoisotopic (exact) mass is 314 g/mol. The lowest BCUT2D eigenvalue weighted by Gasteiger charge is -2.09. The lowest BCUT2D eigenvalue weighted by atomic mass is 10.1. The zero-order valence-electron chi connectivity index (χ0n) is 13.5. The van der Waals surface area contributed by atoms with Gasteiger partial charge in [0.15, 0.2) is 0 Å². The number of carbonyl (C=O) groups excluding carboxylic acids is 1. The summed E-state index contributed by atoms with van der Waals surface area (Å²) >= 11 is 0. The van der Waals surface area contributed by atoms with Crippen LogP contribution in [0.15, 0.2) is 48.5 Å². The maximum Gasteiger partial charge on any atom is 0.411 e. The Morgan fingerprint density at radius 3 is 2.52 bits per heavy atom. The lowest BCUT2D eigenvalue weighted by molar-refractivity contribution is 0.168. The van der Waals surface area contributed by atoms with E-state index in [2.05, 4.69) is 16.7 Å². The van der Waals surface area contributed by atoms with E-state index in [1.54, 1.807) is 14.0 Å². The lowest BCUT2D eigenvalue weighted by Crippen LogP contribution is -2.13. The number of amides is 1. The number of ether oxygens (including phenoxy) is 2. The van der Waals surface area contributed by atoms with E-state index in [1.807, 2.05) is 42.5 Å². The van der Waals surface area contributed by atoms with Crippen LogP contribution in [0, 0.1) is 0 Å². The molecule has 5 nitrogen and oxygen atoms in total. The predicted octanol–water partition coefficient (Wildman–Crippen LogP) is 3.92. The van der Waals surface area contributed by atoms with Crippen molar-refractivity contribution in [2.24, 2.45) is 0 Å². The number of methoxy groups -OCH3 is 1. The molecule has 2 rings (SSSR count). The fourth-order valence-electron chi connectivity index (χ4n) is 2.14. The molecule has 0 atom stereocenters. The van der Waals surface area contributed by atoms with E-state index in [1.165, 1.54) is 5.56 Å². The molecule has 23 heavy (non-hydrogen) atoms. The van der Waals surface area contributed by atoms with E-state index in [0.29, 0.717) is 12.3 Å². The molecule has 0 spiro atoms. The summed E-state index contributed by atoms with van der Waals surface area (Å²) in [6, 6.07) is 15.6. The van der Waals surface area contributed by atoms with Gasteiger partial charge in [0.05, 0.1) is 13.7 Å². The van der Waals surface area contributed by atoms with Crippen LogP contribution in [0.2, 0.25) is 0 Å². The molecule has 0 aliphatic carbocycles. The first kappa shape index (κ1) is 16.7. The van der Waals surface area contributed by atoms with Gasteiger partial charge in [-0.05, 0) is 55.3 Å². The third-order valence-electron chi connectivity index (χ3n) is 3.28. The Hall–Kier alpha value is -2.69. The van der Waals surface area contributed by atoms with Crippen molar-refractivity contribution in [3.05, 3.63) is 54.1 Å².